The molecule has 0 bridgehead atoms. The number of aromatic nitrogens is 2. The minimum Gasteiger partial charge on any atom is -0.396 e. The average Bonchev–Trinajstić information content (AvgIpc) is 2.87. The molecule has 0 radical (unpaired) electrons. The first-order chi connectivity index (χ1) is 8.70. The number of nitrogens with zero attached hydrogens (tertiary/aromatic N) is 2. The van der Waals surface area contributed by atoms with Crippen LogP contribution in [0.3, 0.4) is 0 Å². The molecule has 1 aromatic rings. The SMILES string of the molecule is CC(C)c1cc(N2CCC(CCCO)CC2)n[nH]1. The molecule has 1 fully saturated rings. The first-order valence-electron chi connectivity index (χ1n) is 7.11. The zero-order valence-corrected chi connectivity index (χ0v) is 11.5. The third-order valence-corrected chi connectivity index (χ3v) is 3.92. The van der Waals surface area contributed by atoms with Gasteiger partial charge in [0, 0.05) is 31.5 Å². The highest BCUT2D eigenvalue weighted by atomic mass is 16.2. The molecule has 0 saturated carbocycles. The Balaban J connectivity index is 1.85. The minimum atomic E-state index is 0.331. The first-order valence-corrected chi connectivity index (χ1v) is 7.11. The van der Waals surface area contributed by atoms with Crippen molar-refractivity contribution < 1.29 is 5.11 Å². The van der Waals surface area contributed by atoms with Gasteiger partial charge in [0.25, 0.3) is 0 Å². The number of hydrogen-bond donors (Lipinski definition) is 2. The van der Waals surface area contributed by atoms with Crippen molar-refractivity contribution in [2.24, 2.45) is 5.92 Å². The molecule has 18 heavy (non-hydrogen) atoms. The van der Waals surface area contributed by atoms with Crippen molar-refractivity contribution in [1.29, 1.82) is 0 Å². The molecule has 0 aromatic carbocycles. The van der Waals surface area contributed by atoms with Gasteiger partial charge in [0.1, 0.15) is 0 Å². The molecule has 4 nitrogen and oxygen atoms in total. The van der Waals surface area contributed by atoms with Gasteiger partial charge < -0.3 is 10.0 Å². The number of rotatable bonds is 5. The summed E-state index contributed by atoms with van der Waals surface area (Å²) in [5, 5.41) is 16.4. The van der Waals surface area contributed by atoms with Crippen molar-refractivity contribution >= 4 is 5.82 Å². The Bertz CT molecular complexity index is 354. The molecule has 2 rings (SSSR count). The molecule has 0 spiro atoms. The highest BCUT2D eigenvalue weighted by Crippen LogP contribution is 2.26. The number of hydrogen-bond acceptors (Lipinski definition) is 3. The second-order valence-corrected chi connectivity index (χ2v) is 5.63. The van der Waals surface area contributed by atoms with Gasteiger partial charge in [-0.25, -0.2) is 0 Å². The van der Waals surface area contributed by atoms with Gasteiger partial charge in [-0.05, 0) is 37.5 Å². The van der Waals surface area contributed by atoms with Crippen LogP contribution < -0.4 is 4.90 Å². The summed E-state index contributed by atoms with van der Waals surface area (Å²) < 4.78 is 0. The van der Waals surface area contributed by atoms with Crippen LogP contribution in [0.1, 0.15) is 51.1 Å². The molecular formula is C14H25N3O. The lowest BCUT2D eigenvalue weighted by atomic mass is 9.92. The maximum absolute atomic E-state index is 8.86. The van der Waals surface area contributed by atoms with E-state index in [1.54, 1.807) is 0 Å². The lowest BCUT2D eigenvalue weighted by Gasteiger charge is -2.31. The molecule has 2 N–H and O–H groups in total. The molecule has 0 unspecified atom stereocenters. The first kappa shape index (κ1) is 13.4. The molecule has 2 heterocycles. The fourth-order valence-electron chi connectivity index (χ4n) is 2.61. The van der Waals surface area contributed by atoms with Crippen molar-refractivity contribution in [3.63, 3.8) is 0 Å². The fraction of sp³-hybridized carbons (Fsp3) is 0.786. The normalized spacial score (nSPS) is 17.7. The third-order valence-electron chi connectivity index (χ3n) is 3.92. The lowest BCUT2D eigenvalue weighted by Crippen LogP contribution is -2.33. The summed E-state index contributed by atoms with van der Waals surface area (Å²) in [4.78, 5) is 2.37. The zero-order valence-electron chi connectivity index (χ0n) is 11.5. The van der Waals surface area contributed by atoms with Gasteiger partial charge in [-0.15, -0.1) is 0 Å². The largest absolute Gasteiger partial charge is 0.396 e. The molecule has 4 heteroatoms. The summed E-state index contributed by atoms with van der Waals surface area (Å²) in [6.45, 7) is 6.88. The zero-order chi connectivity index (χ0) is 13.0. The lowest BCUT2D eigenvalue weighted by molar-refractivity contribution is 0.261. The molecule has 0 aliphatic carbocycles. The van der Waals surface area contributed by atoms with Crippen LogP contribution in [-0.2, 0) is 0 Å². The summed E-state index contributed by atoms with van der Waals surface area (Å²) in [7, 11) is 0. The van der Waals surface area contributed by atoms with Gasteiger partial charge in [-0.1, -0.05) is 13.8 Å². The van der Waals surface area contributed by atoms with Gasteiger partial charge in [0.05, 0.1) is 0 Å². The maximum Gasteiger partial charge on any atom is 0.150 e. The van der Waals surface area contributed by atoms with E-state index in [2.05, 4.69) is 35.0 Å². The van der Waals surface area contributed by atoms with Crippen molar-refractivity contribution in [2.75, 3.05) is 24.6 Å². The highest BCUT2D eigenvalue weighted by Gasteiger charge is 2.20. The Morgan fingerprint density at radius 1 is 1.44 bits per heavy atom. The Kier molecular flexibility index (Phi) is 4.64. The number of aromatic amines is 1. The van der Waals surface area contributed by atoms with E-state index in [9.17, 15) is 0 Å². The number of anilines is 1. The molecule has 1 aliphatic rings. The van der Waals surface area contributed by atoms with Crippen LogP contribution in [0.15, 0.2) is 6.07 Å². The molecule has 102 valence electrons. The van der Waals surface area contributed by atoms with Crippen LogP contribution in [0.5, 0.6) is 0 Å². The van der Waals surface area contributed by atoms with E-state index < -0.39 is 0 Å². The van der Waals surface area contributed by atoms with Crippen molar-refractivity contribution in [2.45, 2.75) is 45.4 Å². The smallest absolute Gasteiger partial charge is 0.150 e. The Morgan fingerprint density at radius 2 is 2.17 bits per heavy atom. The van der Waals surface area contributed by atoms with Gasteiger partial charge in [0.2, 0.25) is 0 Å². The van der Waals surface area contributed by atoms with Crippen molar-refractivity contribution in [3.8, 4) is 0 Å². The molecule has 1 aromatic heterocycles. The topological polar surface area (TPSA) is 52.1 Å². The summed E-state index contributed by atoms with van der Waals surface area (Å²) in [6.07, 6.45) is 4.57. The van der Waals surface area contributed by atoms with E-state index in [0.717, 1.165) is 31.2 Å². The summed E-state index contributed by atoms with van der Waals surface area (Å²) >= 11 is 0. The maximum atomic E-state index is 8.86. The van der Waals surface area contributed by atoms with Gasteiger partial charge in [-0.3, -0.25) is 5.10 Å². The van der Waals surface area contributed by atoms with E-state index in [1.165, 1.54) is 25.0 Å². The minimum absolute atomic E-state index is 0.331. The molecule has 0 amide bonds. The van der Waals surface area contributed by atoms with Crippen LogP contribution in [0.4, 0.5) is 5.82 Å². The van der Waals surface area contributed by atoms with Gasteiger partial charge >= 0.3 is 0 Å². The molecule has 1 saturated heterocycles. The van der Waals surface area contributed by atoms with E-state index >= 15 is 0 Å². The van der Waals surface area contributed by atoms with Crippen LogP contribution >= 0.6 is 0 Å². The quantitative estimate of drug-likeness (QED) is 0.845. The average molecular weight is 251 g/mol. The predicted molar refractivity (Wildman–Crippen MR) is 73.9 cm³/mol. The molecule has 1 aliphatic heterocycles. The van der Waals surface area contributed by atoms with Crippen LogP contribution in [0.25, 0.3) is 0 Å². The van der Waals surface area contributed by atoms with E-state index in [-0.39, 0.29) is 0 Å². The Labute approximate surface area is 109 Å². The monoisotopic (exact) mass is 251 g/mol. The van der Waals surface area contributed by atoms with Gasteiger partial charge in [0.15, 0.2) is 5.82 Å². The van der Waals surface area contributed by atoms with Crippen molar-refractivity contribution in [3.05, 3.63) is 11.8 Å². The number of piperidine rings is 1. The fourth-order valence-corrected chi connectivity index (χ4v) is 2.61. The Morgan fingerprint density at radius 3 is 2.72 bits per heavy atom. The van der Waals surface area contributed by atoms with Crippen molar-refractivity contribution in [1.82, 2.24) is 10.2 Å². The summed E-state index contributed by atoms with van der Waals surface area (Å²) in [6, 6.07) is 2.18. The van der Waals surface area contributed by atoms with E-state index in [1.807, 2.05) is 0 Å². The van der Waals surface area contributed by atoms with Crippen LogP contribution in [-0.4, -0.2) is 35.0 Å². The highest BCUT2D eigenvalue weighted by molar-refractivity contribution is 5.40. The van der Waals surface area contributed by atoms with Crippen LogP contribution in [0.2, 0.25) is 0 Å². The number of H-pyrrole nitrogens is 1. The number of aliphatic hydroxyl groups excluding tert-OH is 1. The number of nitrogens with one attached hydrogen (secondary N) is 1. The summed E-state index contributed by atoms with van der Waals surface area (Å²) in [5.74, 6) is 2.39. The Hall–Kier alpha value is -1.03. The number of aliphatic hydroxyl groups is 1. The van der Waals surface area contributed by atoms with Gasteiger partial charge in [-0.2, -0.15) is 5.10 Å². The van der Waals surface area contributed by atoms with E-state index in [4.69, 9.17) is 5.11 Å². The van der Waals surface area contributed by atoms with E-state index in [0.29, 0.717) is 12.5 Å². The molecule has 0 atom stereocenters. The predicted octanol–water partition coefficient (Wildman–Crippen LogP) is 2.52. The second kappa shape index (κ2) is 6.23. The standard InChI is InChI=1S/C14H25N3O/c1-11(2)13-10-14(16-15-13)17-7-5-12(6-8-17)4-3-9-18/h10-12,18H,3-9H2,1-2H3,(H,15,16). The second-order valence-electron chi connectivity index (χ2n) is 5.63. The molecular weight excluding hydrogens is 226 g/mol. The van der Waals surface area contributed by atoms with Crippen LogP contribution in [0, 0.1) is 5.92 Å². The summed E-state index contributed by atoms with van der Waals surface area (Å²) in [5.41, 5.74) is 1.22. The third kappa shape index (κ3) is 3.25.